The maximum Gasteiger partial charge on any atom is 0.221 e. The highest BCUT2D eigenvalue weighted by atomic mass is 16.1. The predicted molar refractivity (Wildman–Crippen MR) is 55.7 cm³/mol. The molecule has 2 N–H and O–H groups in total. The summed E-state index contributed by atoms with van der Waals surface area (Å²) in [6.45, 7) is 7.77. The molecule has 3 heteroatoms. The van der Waals surface area contributed by atoms with Crippen molar-refractivity contribution >= 4 is 5.91 Å². The van der Waals surface area contributed by atoms with Crippen LogP contribution in [0.25, 0.3) is 0 Å². The lowest BCUT2D eigenvalue weighted by molar-refractivity contribution is -0.120. The highest BCUT2D eigenvalue weighted by Gasteiger charge is 2.03. The lowest BCUT2D eigenvalue weighted by Crippen LogP contribution is -2.32. The van der Waals surface area contributed by atoms with Crippen molar-refractivity contribution < 1.29 is 4.79 Å². The molecule has 13 heavy (non-hydrogen) atoms. The molecule has 0 radical (unpaired) electrons. The van der Waals surface area contributed by atoms with Crippen molar-refractivity contribution in [1.82, 2.24) is 10.6 Å². The highest BCUT2D eigenvalue weighted by Crippen LogP contribution is 1.95. The normalized spacial score (nSPS) is 10.5. The van der Waals surface area contributed by atoms with Crippen molar-refractivity contribution in [2.45, 2.75) is 46.1 Å². The molecule has 0 aliphatic heterocycles. The minimum Gasteiger partial charge on any atom is -0.356 e. The molecular formula is C10H22N2O. The van der Waals surface area contributed by atoms with Crippen LogP contribution in [-0.2, 0) is 4.79 Å². The lowest BCUT2D eigenvalue weighted by Gasteiger charge is -2.13. The first-order chi connectivity index (χ1) is 6.24. The van der Waals surface area contributed by atoms with Gasteiger partial charge in [0.05, 0.1) is 0 Å². The van der Waals surface area contributed by atoms with E-state index in [2.05, 4.69) is 24.5 Å². The molecule has 0 atom stereocenters. The van der Waals surface area contributed by atoms with Crippen molar-refractivity contribution in [2.24, 2.45) is 0 Å². The van der Waals surface area contributed by atoms with Gasteiger partial charge in [0.1, 0.15) is 0 Å². The van der Waals surface area contributed by atoms with E-state index in [0.717, 1.165) is 25.9 Å². The Kier molecular flexibility index (Phi) is 7.69. The molecule has 0 spiro atoms. The molecular weight excluding hydrogens is 164 g/mol. The molecule has 0 aliphatic rings. The zero-order valence-electron chi connectivity index (χ0n) is 9.02. The third kappa shape index (κ3) is 6.58. The molecule has 0 heterocycles. The average molecular weight is 186 g/mol. The molecule has 0 bridgehead atoms. The smallest absolute Gasteiger partial charge is 0.221 e. The summed E-state index contributed by atoms with van der Waals surface area (Å²) in [5.41, 5.74) is 0. The molecule has 0 unspecified atom stereocenters. The van der Waals surface area contributed by atoms with Crippen LogP contribution in [0, 0.1) is 0 Å². The second kappa shape index (κ2) is 8.05. The van der Waals surface area contributed by atoms with Crippen molar-refractivity contribution in [3.05, 3.63) is 0 Å². The van der Waals surface area contributed by atoms with Crippen LogP contribution < -0.4 is 10.6 Å². The summed E-state index contributed by atoms with van der Waals surface area (Å²) >= 11 is 0. The first-order valence-electron chi connectivity index (χ1n) is 5.24. The minimum atomic E-state index is 0.140. The number of carbonyl (C=O) groups excluding carboxylic acids is 1. The summed E-state index contributed by atoms with van der Waals surface area (Å²) in [4.78, 5) is 11.1. The van der Waals surface area contributed by atoms with Crippen molar-refractivity contribution in [1.29, 1.82) is 0 Å². The fourth-order valence-electron chi connectivity index (χ4n) is 1.25. The van der Waals surface area contributed by atoms with E-state index in [1.54, 1.807) is 0 Å². The fraction of sp³-hybridized carbons (Fsp3) is 0.900. The van der Waals surface area contributed by atoms with Crippen molar-refractivity contribution in [2.75, 3.05) is 13.1 Å². The van der Waals surface area contributed by atoms with Gasteiger partial charge in [0.25, 0.3) is 0 Å². The van der Waals surface area contributed by atoms with Gasteiger partial charge in [-0.25, -0.2) is 0 Å². The zero-order chi connectivity index (χ0) is 10.1. The Morgan fingerprint density at radius 3 is 2.31 bits per heavy atom. The van der Waals surface area contributed by atoms with Crippen LogP contribution in [-0.4, -0.2) is 25.0 Å². The van der Waals surface area contributed by atoms with Gasteiger partial charge >= 0.3 is 0 Å². The van der Waals surface area contributed by atoms with Crippen LogP contribution in [0.3, 0.4) is 0 Å². The van der Waals surface area contributed by atoms with E-state index in [1.165, 1.54) is 0 Å². The summed E-state index contributed by atoms with van der Waals surface area (Å²) in [6.07, 6.45) is 2.85. The molecule has 0 rings (SSSR count). The van der Waals surface area contributed by atoms with Gasteiger partial charge in [-0.15, -0.1) is 0 Å². The Morgan fingerprint density at radius 1 is 1.23 bits per heavy atom. The molecule has 0 fully saturated rings. The summed E-state index contributed by atoms with van der Waals surface area (Å²) in [5.74, 6) is 0.140. The Balaban J connectivity index is 3.37. The molecule has 0 saturated heterocycles. The van der Waals surface area contributed by atoms with Crippen molar-refractivity contribution in [3.8, 4) is 0 Å². The van der Waals surface area contributed by atoms with Crippen molar-refractivity contribution in [3.63, 3.8) is 0 Å². The molecule has 78 valence electrons. The first kappa shape index (κ1) is 12.4. The van der Waals surface area contributed by atoms with Gasteiger partial charge in [-0.1, -0.05) is 13.8 Å². The third-order valence-electron chi connectivity index (χ3n) is 2.14. The van der Waals surface area contributed by atoms with E-state index in [0.29, 0.717) is 12.5 Å². The average Bonchev–Trinajstić information content (AvgIpc) is 2.13. The molecule has 0 aliphatic carbocycles. The Hall–Kier alpha value is -0.570. The van der Waals surface area contributed by atoms with Gasteiger partial charge in [0.2, 0.25) is 5.91 Å². The Morgan fingerprint density at radius 2 is 1.85 bits per heavy atom. The Labute approximate surface area is 81.3 Å². The molecule has 3 nitrogen and oxygen atoms in total. The van der Waals surface area contributed by atoms with Crippen LogP contribution in [0.5, 0.6) is 0 Å². The topological polar surface area (TPSA) is 41.1 Å². The second-order valence-corrected chi connectivity index (χ2v) is 3.17. The largest absolute Gasteiger partial charge is 0.356 e. The monoisotopic (exact) mass is 186 g/mol. The van der Waals surface area contributed by atoms with Gasteiger partial charge in [0, 0.05) is 25.6 Å². The molecule has 0 saturated carbocycles. The van der Waals surface area contributed by atoms with E-state index < -0.39 is 0 Å². The standard InChI is InChI=1S/C10H22N2O/c1-4-9(5-2)12-8-7-10(13)11-6-3/h9,12H,4-8H2,1-3H3,(H,11,13). The maximum absolute atomic E-state index is 11.1. The summed E-state index contributed by atoms with van der Waals surface area (Å²) in [5, 5.41) is 6.12. The van der Waals surface area contributed by atoms with Crippen LogP contribution in [0.4, 0.5) is 0 Å². The minimum absolute atomic E-state index is 0.140. The summed E-state index contributed by atoms with van der Waals surface area (Å²) in [7, 11) is 0. The third-order valence-corrected chi connectivity index (χ3v) is 2.14. The van der Waals surface area contributed by atoms with E-state index >= 15 is 0 Å². The van der Waals surface area contributed by atoms with E-state index in [9.17, 15) is 4.79 Å². The van der Waals surface area contributed by atoms with Crippen LogP contribution in [0.15, 0.2) is 0 Å². The number of amides is 1. The van der Waals surface area contributed by atoms with Gasteiger partial charge in [-0.3, -0.25) is 4.79 Å². The van der Waals surface area contributed by atoms with Crippen LogP contribution in [0.2, 0.25) is 0 Å². The highest BCUT2D eigenvalue weighted by molar-refractivity contribution is 5.75. The fourth-order valence-corrected chi connectivity index (χ4v) is 1.25. The molecule has 0 aromatic rings. The molecule has 1 amide bonds. The molecule has 0 aromatic carbocycles. The number of carbonyl (C=O) groups is 1. The number of nitrogens with one attached hydrogen (secondary N) is 2. The number of rotatable bonds is 7. The maximum atomic E-state index is 11.1. The van der Waals surface area contributed by atoms with Gasteiger partial charge < -0.3 is 10.6 Å². The quantitative estimate of drug-likeness (QED) is 0.629. The SMILES string of the molecule is CCNC(=O)CCNC(CC)CC. The zero-order valence-corrected chi connectivity index (χ0v) is 9.02. The summed E-state index contributed by atoms with van der Waals surface area (Å²) in [6, 6.07) is 0.564. The molecule has 0 aromatic heterocycles. The number of hydrogen-bond donors (Lipinski definition) is 2. The van der Waals surface area contributed by atoms with E-state index in [4.69, 9.17) is 0 Å². The Bertz CT molecular complexity index is 133. The van der Waals surface area contributed by atoms with E-state index in [1.807, 2.05) is 6.92 Å². The van der Waals surface area contributed by atoms with Crippen LogP contribution >= 0.6 is 0 Å². The predicted octanol–water partition coefficient (Wildman–Crippen LogP) is 1.29. The van der Waals surface area contributed by atoms with Crippen LogP contribution in [0.1, 0.15) is 40.0 Å². The lowest BCUT2D eigenvalue weighted by atomic mass is 10.2. The van der Waals surface area contributed by atoms with Gasteiger partial charge in [-0.2, -0.15) is 0 Å². The summed E-state index contributed by atoms with van der Waals surface area (Å²) < 4.78 is 0. The van der Waals surface area contributed by atoms with E-state index in [-0.39, 0.29) is 5.91 Å². The second-order valence-electron chi connectivity index (χ2n) is 3.17. The first-order valence-corrected chi connectivity index (χ1v) is 5.24. The number of hydrogen-bond acceptors (Lipinski definition) is 2. The van der Waals surface area contributed by atoms with Gasteiger partial charge in [-0.05, 0) is 19.8 Å². The van der Waals surface area contributed by atoms with Gasteiger partial charge in [0.15, 0.2) is 0 Å².